The molecular weight excluding hydrogens is 340 g/mol. The largest absolute Gasteiger partial charge is 0.497 e. The number of sulfonamides is 1. The zero-order valence-electron chi connectivity index (χ0n) is 13.4. The van der Waals surface area contributed by atoms with E-state index in [1.807, 2.05) is 0 Å². The molecule has 130 valence electrons. The number of methoxy groups -OCH3 is 2. The van der Waals surface area contributed by atoms with Crippen molar-refractivity contribution in [2.45, 2.75) is 11.4 Å². The number of hydrogen-bond acceptors (Lipinski definition) is 4. The van der Waals surface area contributed by atoms with Gasteiger partial charge in [-0.05, 0) is 18.2 Å². The zero-order valence-corrected chi connectivity index (χ0v) is 14.2. The van der Waals surface area contributed by atoms with Crippen LogP contribution in [0.25, 0.3) is 0 Å². The molecule has 8 heteroatoms. The Morgan fingerprint density at radius 2 is 1.67 bits per heavy atom. The Bertz CT molecular complexity index is 820. The van der Waals surface area contributed by atoms with Crippen LogP contribution in [-0.4, -0.2) is 34.0 Å². The molecule has 0 saturated carbocycles. The van der Waals surface area contributed by atoms with Crippen LogP contribution in [0.4, 0.5) is 8.78 Å². The third-order valence-electron chi connectivity index (χ3n) is 3.47. The first kappa shape index (κ1) is 18.2. The summed E-state index contributed by atoms with van der Waals surface area (Å²) in [5.41, 5.74) is 0.529. The van der Waals surface area contributed by atoms with Gasteiger partial charge in [-0.25, -0.2) is 17.2 Å². The second-order valence-electron chi connectivity index (χ2n) is 4.99. The van der Waals surface area contributed by atoms with Gasteiger partial charge in [-0.15, -0.1) is 0 Å². The maximum absolute atomic E-state index is 13.8. The Morgan fingerprint density at radius 3 is 2.21 bits per heavy atom. The SMILES string of the molecule is COc1ccc(CN(C)S(=O)(=O)c2c(F)cccc2F)c(OC)c1. The number of halogens is 2. The molecule has 0 spiro atoms. The first-order valence-electron chi connectivity index (χ1n) is 6.92. The fourth-order valence-corrected chi connectivity index (χ4v) is 3.44. The minimum Gasteiger partial charge on any atom is -0.497 e. The van der Waals surface area contributed by atoms with E-state index in [1.165, 1.54) is 21.3 Å². The highest BCUT2D eigenvalue weighted by Gasteiger charge is 2.28. The number of ether oxygens (including phenoxy) is 2. The summed E-state index contributed by atoms with van der Waals surface area (Å²) >= 11 is 0. The van der Waals surface area contributed by atoms with Gasteiger partial charge >= 0.3 is 0 Å². The van der Waals surface area contributed by atoms with Gasteiger partial charge in [0.1, 0.15) is 23.1 Å². The van der Waals surface area contributed by atoms with Gasteiger partial charge in [0.05, 0.1) is 14.2 Å². The molecule has 0 aliphatic heterocycles. The molecule has 0 saturated heterocycles. The number of benzene rings is 2. The Hall–Kier alpha value is -2.19. The maximum atomic E-state index is 13.8. The molecule has 2 aromatic rings. The number of hydrogen-bond donors (Lipinski definition) is 0. The molecule has 5 nitrogen and oxygen atoms in total. The molecule has 0 heterocycles. The lowest BCUT2D eigenvalue weighted by Gasteiger charge is -2.19. The van der Waals surface area contributed by atoms with E-state index in [1.54, 1.807) is 18.2 Å². The van der Waals surface area contributed by atoms with Crippen molar-refractivity contribution in [3.8, 4) is 11.5 Å². The van der Waals surface area contributed by atoms with E-state index in [0.29, 0.717) is 17.1 Å². The molecule has 0 bridgehead atoms. The lowest BCUT2D eigenvalue weighted by Crippen LogP contribution is -2.28. The molecule has 0 unspecified atom stereocenters. The normalized spacial score (nSPS) is 11.6. The quantitative estimate of drug-likeness (QED) is 0.798. The topological polar surface area (TPSA) is 55.8 Å². The fraction of sp³-hybridized carbons (Fsp3) is 0.250. The van der Waals surface area contributed by atoms with Crippen LogP contribution >= 0.6 is 0 Å². The van der Waals surface area contributed by atoms with E-state index in [-0.39, 0.29) is 6.54 Å². The first-order chi connectivity index (χ1) is 11.3. The predicted octanol–water partition coefficient (Wildman–Crippen LogP) is 2.80. The van der Waals surface area contributed by atoms with E-state index in [9.17, 15) is 17.2 Å². The average Bonchev–Trinajstić information content (AvgIpc) is 2.54. The minimum atomic E-state index is -4.34. The average molecular weight is 357 g/mol. The van der Waals surface area contributed by atoms with Gasteiger partial charge in [-0.2, -0.15) is 4.31 Å². The first-order valence-corrected chi connectivity index (χ1v) is 8.36. The van der Waals surface area contributed by atoms with Crippen LogP contribution in [0.1, 0.15) is 5.56 Å². The Morgan fingerprint density at radius 1 is 1.04 bits per heavy atom. The fourth-order valence-electron chi connectivity index (χ4n) is 2.19. The lowest BCUT2D eigenvalue weighted by atomic mass is 10.2. The van der Waals surface area contributed by atoms with Gasteiger partial charge in [0.25, 0.3) is 0 Å². The highest BCUT2D eigenvalue weighted by molar-refractivity contribution is 7.89. The molecule has 24 heavy (non-hydrogen) atoms. The predicted molar refractivity (Wildman–Crippen MR) is 84.6 cm³/mol. The summed E-state index contributed by atoms with van der Waals surface area (Å²) in [7, 11) is -0.176. The summed E-state index contributed by atoms with van der Waals surface area (Å²) in [6.45, 7) is -0.122. The van der Waals surface area contributed by atoms with E-state index in [2.05, 4.69) is 0 Å². The number of nitrogens with zero attached hydrogens (tertiary/aromatic N) is 1. The summed E-state index contributed by atoms with van der Waals surface area (Å²) in [5.74, 6) is -1.32. The molecule has 0 aromatic heterocycles. The van der Waals surface area contributed by atoms with Gasteiger partial charge in [-0.3, -0.25) is 0 Å². The van der Waals surface area contributed by atoms with Gasteiger partial charge in [0, 0.05) is 25.2 Å². The van der Waals surface area contributed by atoms with Crippen molar-refractivity contribution < 1.29 is 26.7 Å². The van der Waals surface area contributed by atoms with Crippen LogP contribution in [0, 0.1) is 11.6 Å². The molecule has 0 atom stereocenters. The van der Waals surface area contributed by atoms with Gasteiger partial charge < -0.3 is 9.47 Å². The van der Waals surface area contributed by atoms with Crippen LogP contribution in [0.5, 0.6) is 11.5 Å². The second-order valence-corrected chi connectivity index (χ2v) is 6.97. The third kappa shape index (κ3) is 3.49. The van der Waals surface area contributed by atoms with Crippen LogP contribution in [0.3, 0.4) is 0 Å². The Labute approximate surface area is 139 Å². The van der Waals surface area contributed by atoms with Crippen LogP contribution in [0.15, 0.2) is 41.3 Å². The lowest BCUT2D eigenvalue weighted by molar-refractivity contribution is 0.383. The smallest absolute Gasteiger partial charge is 0.248 e. The van der Waals surface area contributed by atoms with Crippen molar-refractivity contribution in [3.63, 3.8) is 0 Å². The van der Waals surface area contributed by atoms with E-state index >= 15 is 0 Å². The van der Waals surface area contributed by atoms with Crippen molar-refractivity contribution in [1.29, 1.82) is 0 Å². The Kier molecular flexibility index (Phi) is 5.40. The van der Waals surface area contributed by atoms with Crippen molar-refractivity contribution in [3.05, 3.63) is 53.6 Å². The standard InChI is InChI=1S/C16H17F2NO4S/c1-19(10-11-7-8-12(22-2)9-15(11)23-3)24(20,21)16-13(17)5-4-6-14(16)18/h4-9H,10H2,1-3H3. The van der Waals surface area contributed by atoms with Crippen molar-refractivity contribution >= 4 is 10.0 Å². The van der Waals surface area contributed by atoms with Crippen molar-refractivity contribution in [2.75, 3.05) is 21.3 Å². The molecule has 0 N–H and O–H groups in total. The summed E-state index contributed by atoms with van der Waals surface area (Å²) in [5, 5.41) is 0. The van der Waals surface area contributed by atoms with Crippen LogP contribution in [-0.2, 0) is 16.6 Å². The van der Waals surface area contributed by atoms with Crippen LogP contribution in [0.2, 0.25) is 0 Å². The molecule has 0 amide bonds. The zero-order chi connectivity index (χ0) is 17.9. The van der Waals surface area contributed by atoms with E-state index in [0.717, 1.165) is 22.5 Å². The summed E-state index contributed by atoms with van der Waals surface area (Å²) in [6, 6.07) is 7.77. The molecule has 0 radical (unpaired) electrons. The molecular formula is C16H17F2NO4S. The summed E-state index contributed by atoms with van der Waals surface area (Å²) in [4.78, 5) is -0.972. The van der Waals surface area contributed by atoms with Crippen LogP contribution < -0.4 is 9.47 Å². The van der Waals surface area contributed by atoms with E-state index < -0.39 is 26.6 Å². The number of rotatable bonds is 6. The second kappa shape index (κ2) is 7.14. The minimum absolute atomic E-state index is 0.122. The monoisotopic (exact) mass is 357 g/mol. The highest BCUT2D eigenvalue weighted by atomic mass is 32.2. The van der Waals surface area contributed by atoms with Gasteiger partial charge in [0.2, 0.25) is 10.0 Å². The highest BCUT2D eigenvalue weighted by Crippen LogP contribution is 2.28. The molecule has 2 aromatic carbocycles. The third-order valence-corrected chi connectivity index (χ3v) is 5.33. The maximum Gasteiger partial charge on any atom is 0.248 e. The van der Waals surface area contributed by atoms with Gasteiger partial charge in [0.15, 0.2) is 4.90 Å². The van der Waals surface area contributed by atoms with Crippen molar-refractivity contribution in [1.82, 2.24) is 4.31 Å². The molecule has 0 fully saturated rings. The molecule has 0 aliphatic carbocycles. The molecule has 2 rings (SSSR count). The van der Waals surface area contributed by atoms with Gasteiger partial charge in [-0.1, -0.05) is 12.1 Å². The Balaban J connectivity index is 2.37. The summed E-state index contributed by atoms with van der Waals surface area (Å²) in [6.07, 6.45) is 0. The summed E-state index contributed by atoms with van der Waals surface area (Å²) < 4.78 is 63.7. The van der Waals surface area contributed by atoms with E-state index in [4.69, 9.17) is 9.47 Å². The molecule has 0 aliphatic rings. The van der Waals surface area contributed by atoms with Crippen molar-refractivity contribution in [2.24, 2.45) is 0 Å².